The molecule has 3 rings (SSSR count). The molecule has 0 radical (unpaired) electrons. The van der Waals surface area contributed by atoms with Gasteiger partial charge in [0.25, 0.3) is 10.0 Å². The number of aromatic nitrogens is 2. The average molecular weight is 591 g/mol. The molecule has 2 aromatic rings. The van der Waals surface area contributed by atoms with E-state index in [2.05, 4.69) is 15.7 Å². The molecule has 2 amide bonds. The van der Waals surface area contributed by atoms with Crippen molar-refractivity contribution in [1.29, 1.82) is 0 Å². The highest BCUT2D eigenvalue weighted by molar-refractivity contribution is 7.92. The summed E-state index contributed by atoms with van der Waals surface area (Å²) >= 11 is 16.7. The number of benzene rings is 1. The fourth-order valence-electron chi connectivity index (χ4n) is 3.22. The van der Waals surface area contributed by atoms with Crippen LogP contribution in [0.2, 0.25) is 0 Å². The number of hydrogen-bond acceptors (Lipinski definition) is 7. The molecule has 36 heavy (non-hydrogen) atoms. The number of anilines is 2. The van der Waals surface area contributed by atoms with Crippen LogP contribution in [0.4, 0.5) is 25.0 Å². The highest BCUT2D eigenvalue weighted by atomic mass is 35.6. The third-order valence-electron chi connectivity index (χ3n) is 4.72. The lowest BCUT2D eigenvalue weighted by molar-refractivity contribution is -0.119. The van der Waals surface area contributed by atoms with Gasteiger partial charge in [0.15, 0.2) is 0 Å². The maximum Gasteiger partial charge on any atom is 0.411 e. The fraction of sp³-hybridized carbons (Fsp3) is 0.421. The second kappa shape index (κ2) is 10.8. The van der Waals surface area contributed by atoms with Gasteiger partial charge in [0.1, 0.15) is 23.4 Å². The van der Waals surface area contributed by atoms with Gasteiger partial charge in [0.05, 0.1) is 30.7 Å². The van der Waals surface area contributed by atoms with E-state index in [0.717, 1.165) is 10.5 Å². The number of halogens is 5. The molecule has 1 atom stereocenters. The molecule has 2 N–H and O–H groups in total. The highest BCUT2D eigenvalue weighted by Gasteiger charge is 2.37. The summed E-state index contributed by atoms with van der Waals surface area (Å²) in [6, 6.07) is 4.07. The van der Waals surface area contributed by atoms with Crippen LogP contribution in [0.1, 0.15) is 19.2 Å². The van der Waals surface area contributed by atoms with Gasteiger partial charge in [-0.2, -0.15) is 13.9 Å². The molecule has 17 heteroatoms. The van der Waals surface area contributed by atoms with Gasteiger partial charge in [-0.25, -0.2) is 17.9 Å². The molecule has 0 saturated heterocycles. The van der Waals surface area contributed by atoms with E-state index in [1.54, 1.807) is 0 Å². The summed E-state index contributed by atoms with van der Waals surface area (Å²) in [5.74, 6) is -0.264. The average Bonchev–Trinajstić information content (AvgIpc) is 3.18. The van der Waals surface area contributed by atoms with E-state index in [-0.39, 0.29) is 46.5 Å². The monoisotopic (exact) mass is 589 g/mol. The second-order valence-corrected chi connectivity index (χ2v) is 11.9. The van der Waals surface area contributed by atoms with Crippen molar-refractivity contribution in [3.63, 3.8) is 0 Å². The summed E-state index contributed by atoms with van der Waals surface area (Å²) in [5, 5.41) is 8.49. The zero-order valence-electron chi connectivity index (χ0n) is 18.7. The van der Waals surface area contributed by atoms with Crippen LogP contribution in [-0.4, -0.2) is 59.8 Å². The number of rotatable bonds is 7. The summed E-state index contributed by atoms with van der Waals surface area (Å²) in [7, 11) is -4.44. The minimum Gasteiger partial charge on any atom is -0.484 e. The predicted octanol–water partition coefficient (Wildman–Crippen LogP) is 3.60. The Hall–Kier alpha value is -2.55. The molecule has 198 valence electrons. The van der Waals surface area contributed by atoms with Crippen LogP contribution in [0.25, 0.3) is 0 Å². The smallest absolute Gasteiger partial charge is 0.411 e. The van der Waals surface area contributed by atoms with E-state index in [1.165, 1.54) is 32.0 Å². The van der Waals surface area contributed by atoms with Gasteiger partial charge >= 0.3 is 12.6 Å². The van der Waals surface area contributed by atoms with Crippen LogP contribution in [0.5, 0.6) is 5.75 Å². The maximum atomic E-state index is 13.6. The van der Waals surface area contributed by atoms with Crippen LogP contribution in [0, 0.1) is 6.92 Å². The Labute approximate surface area is 219 Å². The molecule has 1 unspecified atom stereocenters. The molecular formula is C19H20Cl3F2N5O6S. The number of ether oxygens (including phenoxy) is 2. The molecule has 2 heterocycles. The third-order valence-corrected chi connectivity index (χ3v) is 6.93. The topological polar surface area (TPSA) is 132 Å². The normalized spacial score (nSPS) is 15.8. The molecule has 0 bridgehead atoms. The highest BCUT2D eigenvalue weighted by Crippen LogP contribution is 2.39. The van der Waals surface area contributed by atoms with Gasteiger partial charge in [0, 0.05) is 12.6 Å². The molecule has 1 aliphatic heterocycles. The van der Waals surface area contributed by atoms with Gasteiger partial charge < -0.3 is 14.8 Å². The summed E-state index contributed by atoms with van der Waals surface area (Å²) < 4.78 is 63.3. The number of alkyl halides is 5. The lowest BCUT2D eigenvalue weighted by Crippen LogP contribution is -2.48. The summed E-state index contributed by atoms with van der Waals surface area (Å²) in [5.41, 5.74) is -0.0454. The standard InChI is InChI=1S/C19H20Cl3F2N5O6S/c1-10-16(8-28(27-10)17(23)24)36(32,33)29-7-13(6-25-11(2)30)35-15-4-3-12(5-14(15)29)26-18(31)34-9-19(20,21)22/h3-5,8,13,17H,6-7,9H2,1-2H3,(H,25,30)(H,26,31). The van der Waals surface area contributed by atoms with Crippen molar-refractivity contribution < 1.29 is 36.3 Å². The Morgan fingerprint density at radius 3 is 2.61 bits per heavy atom. The van der Waals surface area contributed by atoms with E-state index >= 15 is 0 Å². The molecule has 0 spiro atoms. The summed E-state index contributed by atoms with van der Waals surface area (Å²) in [4.78, 5) is 22.9. The molecule has 0 saturated carbocycles. The van der Waals surface area contributed by atoms with Gasteiger partial charge in [-0.05, 0) is 25.1 Å². The molecule has 0 aliphatic carbocycles. The van der Waals surface area contributed by atoms with E-state index in [0.29, 0.717) is 0 Å². The molecule has 1 aromatic carbocycles. The SMILES string of the molecule is CC(=O)NCC1CN(S(=O)(=O)c2cn(C(F)F)nc2C)c2cc(NC(=O)OCC(Cl)(Cl)Cl)ccc2O1. The number of carbonyl (C=O) groups is 2. The fourth-order valence-corrected chi connectivity index (χ4v) is 5.04. The lowest BCUT2D eigenvalue weighted by atomic mass is 10.2. The number of fused-ring (bicyclic) bond motifs is 1. The first-order valence-electron chi connectivity index (χ1n) is 10.1. The zero-order chi connectivity index (χ0) is 26.8. The van der Waals surface area contributed by atoms with E-state index in [9.17, 15) is 26.8 Å². The van der Waals surface area contributed by atoms with Gasteiger partial charge in [-0.15, -0.1) is 0 Å². The Bertz CT molecular complexity index is 1250. The number of hydrogen-bond donors (Lipinski definition) is 2. The summed E-state index contributed by atoms with van der Waals surface area (Å²) in [6.07, 6.45) is -1.07. The van der Waals surface area contributed by atoms with Crippen molar-refractivity contribution in [2.24, 2.45) is 0 Å². The quantitative estimate of drug-likeness (QED) is 0.471. The Morgan fingerprint density at radius 1 is 1.33 bits per heavy atom. The molecular weight excluding hydrogens is 571 g/mol. The number of amides is 2. The van der Waals surface area contributed by atoms with E-state index < -0.39 is 44.1 Å². The Balaban J connectivity index is 1.97. The number of aryl methyl sites for hydroxylation is 1. The minimum atomic E-state index is -4.44. The van der Waals surface area contributed by atoms with Crippen molar-refractivity contribution in [1.82, 2.24) is 15.1 Å². The Morgan fingerprint density at radius 2 is 2.03 bits per heavy atom. The second-order valence-electron chi connectivity index (χ2n) is 7.55. The first-order valence-corrected chi connectivity index (χ1v) is 12.7. The lowest BCUT2D eigenvalue weighted by Gasteiger charge is -2.35. The first-order chi connectivity index (χ1) is 16.7. The molecule has 1 aromatic heterocycles. The van der Waals surface area contributed by atoms with Crippen molar-refractivity contribution >= 4 is 68.2 Å². The van der Waals surface area contributed by atoms with Crippen molar-refractivity contribution in [3.8, 4) is 5.75 Å². The number of sulfonamides is 1. The molecule has 1 aliphatic rings. The van der Waals surface area contributed by atoms with Gasteiger partial charge in [-0.1, -0.05) is 34.8 Å². The molecule has 11 nitrogen and oxygen atoms in total. The van der Waals surface area contributed by atoms with Crippen molar-refractivity contribution in [2.45, 2.75) is 35.2 Å². The number of nitrogens with zero attached hydrogens (tertiary/aromatic N) is 3. The summed E-state index contributed by atoms with van der Waals surface area (Å²) in [6.45, 7) is -1.34. The molecule has 0 fully saturated rings. The van der Waals surface area contributed by atoms with Crippen LogP contribution < -0.4 is 19.7 Å². The van der Waals surface area contributed by atoms with Gasteiger partial charge in [0.2, 0.25) is 9.70 Å². The zero-order valence-corrected chi connectivity index (χ0v) is 21.8. The van der Waals surface area contributed by atoms with E-state index in [1.807, 2.05) is 0 Å². The van der Waals surface area contributed by atoms with Crippen molar-refractivity contribution in [3.05, 3.63) is 30.1 Å². The number of carbonyl (C=O) groups excluding carboxylic acids is 2. The van der Waals surface area contributed by atoms with Crippen LogP contribution in [0.3, 0.4) is 0 Å². The minimum absolute atomic E-state index is 0.00236. The number of nitrogens with one attached hydrogen (secondary N) is 2. The van der Waals surface area contributed by atoms with E-state index in [4.69, 9.17) is 44.3 Å². The van der Waals surface area contributed by atoms with Crippen LogP contribution in [0.15, 0.2) is 29.3 Å². The Kier molecular flexibility index (Phi) is 8.43. The predicted molar refractivity (Wildman–Crippen MR) is 128 cm³/mol. The third kappa shape index (κ3) is 6.81. The largest absolute Gasteiger partial charge is 0.484 e. The maximum absolute atomic E-state index is 13.6. The van der Waals surface area contributed by atoms with Crippen molar-refractivity contribution in [2.75, 3.05) is 29.3 Å². The van der Waals surface area contributed by atoms with Crippen LogP contribution in [-0.2, 0) is 19.6 Å². The first kappa shape index (κ1) is 28.0. The van der Waals surface area contributed by atoms with Crippen LogP contribution >= 0.6 is 34.8 Å². The van der Waals surface area contributed by atoms with Gasteiger partial charge in [-0.3, -0.25) is 14.4 Å².